The first-order chi connectivity index (χ1) is 11.7. The monoisotopic (exact) mass is 359 g/mol. The summed E-state index contributed by atoms with van der Waals surface area (Å²) in [6.07, 6.45) is 5.19. The van der Waals surface area contributed by atoms with Crippen LogP contribution in [0, 0.1) is 5.92 Å². The SMILES string of the molecule is O=C(Oc1ccc(O)c2nc(-c3cccs3)sc12)C1CCCCC1. The van der Waals surface area contributed by atoms with Crippen molar-refractivity contribution in [2.75, 3.05) is 0 Å². The second kappa shape index (κ2) is 6.53. The van der Waals surface area contributed by atoms with Crippen molar-refractivity contribution >= 4 is 38.9 Å². The summed E-state index contributed by atoms with van der Waals surface area (Å²) in [5, 5.41) is 12.9. The molecule has 124 valence electrons. The quantitative estimate of drug-likeness (QED) is 0.515. The molecule has 6 heteroatoms. The maximum absolute atomic E-state index is 12.4. The molecule has 0 atom stereocenters. The molecule has 1 saturated carbocycles. The van der Waals surface area contributed by atoms with E-state index in [9.17, 15) is 9.90 Å². The lowest BCUT2D eigenvalue weighted by atomic mass is 9.89. The highest BCUT2D eigenvalue weighted by molar-refractivity contribution is 7.25. The smallest absolute Gasteiger partial charge is 0.314 e. The number of thiophene rings is 1. The molecule has 24 heavy (non-hydrogen) atoms. The van der Waals surface area contributed by atoms with Crippen molar-refractivity contribution in [2.24, 2.45) is 5.92 Å². The van der Waals surface area contributed by atoms with Crippen molar-refractivity contribution in [1.82, 2.24) is 4.98 Å². The first-order valence-electron chi connectivity index (χ1n) is 8.10. The number of aromatic nitrogens is 1. The third kappa shape index (κ3) is 2.91. The summed E-state index contributed by atoms with van der Waals surface area (Å²) in [7, 11) is 0. The standard InChI is InChI=1S/C18H17NO3S2/c20-12-8-9-13(22-18(21)11-5-2-1-3-6-11)16-15(12)19-17(24-16)14-7-4-10-23-14/h4,7-11,20H,1-3,5-6H2. The highest BCUT2D eigenvalue weighted by Gasteiger charge is 2.24. The fraction of sp³-hybridized carbons (Fsp3) is 0.333. The minimum absolute atomic E-state index is 0.00714. The molecule has 4 rings (SSSR count). The third-order valence-electron chi connectivity index (χ3n) is 4.37. The summed E-state index contributed by atoms with van der Waals surface area (Å²) < 4.78 is 6.40. The largest absolute Gasteiger partial charge is 0.506 e. The van der Waals surface area contributed by atoms with Crippen LogP contribution < -0.4 is 4.74 Å². The van der Waals surface area contributed by atoms with Gasteiger partial charge >= 0.3 is 5.97 Å². The summed E-state index contributed by atoms with van der Waals surface area (Å²) in [6, 6.07) is 7.17. The Labute approximate surface area is 147 Å². The van der Waals surface area contributed by atoms with Crippen molar-refractivity contribution in [2.45, 2.75) is 32.1 Å². The molecule has 2 aromatic heterocycles. The Balaban J connectivity index is 1.67. The first-order valence-corrected chi connectivity index (χ1v) is 9.80. The number of benzene rings is 1. The molecular weight excluding hydrogens is 342 g/mol. The number of hydrogen-bond donors (Lipinski definition) is 1. The van der Waals surface area contributed by atoms with E-state index >= 15 is 0 Å². The molecule has 1 N–H and O–H groups in total. The van der Waals surface area contributed by atoms with E-state index in [1.54, 1.807) is 23.5 Å². The van der Waals surface area contributed by atoms with Gasteiger partial charge < -0.3 is 9.84 Å². The zero-order chi connectivity index (χ0) is 16.5. The number of nitrogens with zero attached hydrogens (tertiary/aromatic N) is 1. The zero-order valence-corrected chi connectivity index (χ0v) is 14.7. The average Bonchev–Trinajstić information content (AvgIpc) is 3.27. The number of thiazole rings is 1. The molecular formula is C18H17NO3S2. The van der Waals surface area contributed by atoms with Crippen LogP contribution in [0.4, 0.5) is 0 Å². The summed E-state index contributed by atoms with van der Waals surface area (Å²) in [4.78, 5) is 18.0. The Morgan fingerprint density at radius 2 is 2.04 bits per heavy atom. The van der Waals surface area contributed by atoms with Crippen LogP contribution in [0.3, 0.4) is 0 Å². The number of phenolic OH excluding ortho intramolecular Hbond substituents is 1. The van der Waals surface area contributed by atoms with Crippen LogP contribution >= 0.6 is 22.7 Å². The maximum atomic E-state index is 12.4. The number of phenols is 1. The van der Waals surface area contributed by atoms with Crippen molar-refractivity contribution in [1.29, 1.82) is 0 Å². The molecule has 0 bridgehead atoms. The lowest BCUT2D eigenvalue weighted by molar-refractivity contribution is -0.139. The third-order valence-corrected chi connectivity index (χ3v) is 6.48. The first kappa shape index (κ1) is 15.6. The second-order valence-electron chi connectivity index (χ2n) is 6.01. The van der Waals surface area contributed by atoms with Crippen LogP contribution in [0.1, 0.15) is 32.1 Å². The van der Waals surface area contributed by atoms with Crippen molar-refractivity contribution in [3.05, 3.63) is 29.6 Å². The van der Waals surface area contributed by atoms with Crippen LogP contribution in [-0.4, -0.2) is 16.1 Å². The van der Waals surface area contributed by atoms with E-state index < -0.39 is 0 Å². The van der Waals surface area contributed by atoms with Gasteiger partial charge in [-0.15, -0.1) is 22.7 Å². The van der Waals surface area contributed by atoms with E-state index in [2.05, 4.69) is 4.98 Å². The number of rotatable bonds is 3. The molecule has 0 unspecified atom stereocenters. The molecule has 3 aromatic rings. The number of aromatic hydroxyl groups is 1. The molecule has 1 aliphatic rings. The van der Waals surface area contributed by atoms with Gasteiger partial charge in [0.1, 0.15) is 21.0 Å². The highest BCUT2D eigenvalue weighted by Crippen LogP contribution is 2.41. The number of carbonyl (C=O) groups is 1. The summed E-state index contributed by atoms with van der Waals surface area (Å²) in [6.45, 7) is 0. The molecule has 0 saturated heterocycles. The minimum Gasteiger partial charge on any atom is -0.506 e. The predicted octanol–water partition coefficient (Wildman–Crippen LogP) is 5.22. The van der Waals surface area contributed by atoms with E-state index in [1.807, 2.05) is 17.5 Å². The van der Waals surface area contributed by atoms with Gasteiger partial charge in [0.05, 0.1) is 10.8 Å². The van der Waals surface area contributed by atoms with E-state index in [0.29, 0.717) is 11.3 Å². The van der Waals surface area contributed by atoms with Crippen LogP contribution in [0.2, 0.25) is 0 Å². The molecule has 0 radical (unpaired) electrons. The number of esters is 1. The number of hydrogen-bond acceptors (Lipinski definition) is 6. The molecule has 1 aliphatic carbocycles. The topological polar surface area (TPSA) is 59.4 Å². The highest BCUT2D eigenvalue weighted by atomic mass is 32.1. The second-order valence-corrected chi connectivity index (χ2v) is 7.96. The van der Waals surface area contributed by atoms with E-state index in [1.165, 1.54) is 17.8 Å². The maximum Gasteiger partial charge on any atom is 0.314 e. The Bertz CT molecular complexity index is 864. The predicted molar refractivity (Wildman–Crippen MR) is 96.8 cm³/mol. The van der Waals surface area contributed by atoms with Gasteiger partial charge in [0.25, 0.3) is 0 Å². The van der Waals surface area contributed by atoms with Crippen molar-refractivity contribution < 1.29 is 14.6 Å². The molecule has 2 heterocycles. The van der Waals surface area contributed by atoms with Crippen LogP contribution in [0.5, 0.6) is 11.5 Å². The average molecular weight is 359 g/mol. The molecule has 1 fully saturated rings. The Morgan fingerprint density at radius 3 is 2.79 bits per heavy atom. The lowest BCUT2D eigenvalue weighted by Gasteiger charge is -2.19. The van der Waals surface area contributed by atoms with Crippen molar-refractivity contribution in [3.8, 4) is 21.4 Å². The van der Waals surface area contributed by atoms with Gasteiger partial charge in [-0.05, 0) is 36.4 Å². The van der Waals surface area contributed by atoms with Gasteiger partial charge in [-0.3, -0.25) is 4.79 Å². The molecule has 0 spiro atoms. The van der Waals surface area contributed by atoms with Gasteiger partial charge in [0, 0.05) is 0 Å². The lowest BCUT2D eigenvalue weighted by Crippen LogP contribution is -2.22. The van der Waals surface area contributed by atoms with Gasteiger partial charge in [-0.25, -0.2) is 4.98 Å². The number of carbonyl (C=O) groups excluding carboxylic acids is 1. The van der Waals surface area contributed by atoms with Crippen LogP contribution in [0.25, 0.3) is 20.1 Å². The Morgan fingerprint density at radius 1 is 1.21 bits per heavy atom. The van der Waals surface area contributed by atoms with Gasteiger partial charge in [-0.1, -0.05) is 25.3 Å². The van der Waals surface area contributed by atoms with E-state index in [0.717, 1.165) is 40.3 Å². The number of fused-ring (bicyclic) bond motifs is 1. The van der Waals surface area contributed by atoms with E-state index in [-0.39, 0.29) is 17.6 Å². The number of ether oxygens (including phenoxy) is 1. The minimum atomic E-state index is -0.159. The normalized spacial score (nSPS) is 15.7. The van der Waals surface area contributed by atoms with Gasteiger partial charge in [-0.2, -0.15) is 0 Å². The fourth-order valence-corrected chi connectivity index (χ4v) is 4.92. The molecule has 1 aromatic carbocycles. The van der Waals surface area contributed by atoms with Crippen LogP contribution in [0.15, 0.2) is 29.6 Å². The van der Waals surface area contributed by atoms with Crippen molar-refractivity contribution in [3.63, 3.8) is 0 Å². The Hall–Kier alpha value is -1.92. The van der Waals surface area contributed by atoms with E-state index in [4.69, 9.17) is 4.74 Å². The Kier molecular flexibility index (Phi) is 4.24. The summed E-state index contributed by atoms with van der Waals surface area (Å²) >= 11 is 3.04. The molecule has 0 amide bonds. The van der Waals surface area contributed by atoms with Gasteiger partial charge in [0.2, 0.25) is 0 Å². The molecule has 0 aliphatic heterocycles. The summed E-state index contributed by atoms with van der Waals surface area (Å²) in [5.41, 5.74) is 0.498. The van der Waals surface area contributed by atoms with Crippen LogP contribution in [-0.2, 0) is 4.79 Å². The summed E-state index contributed by atoms with van der Waals surface area (Å²) in [5.74, 6) is 0.445. The molecule has 4 nitrogen and oxygen atoms in total. The fourth-order valence-electron chi connectivity index (χ4n) is 3.09. The zero-order valence-electron chi connectivity index (χ0n) is 13.0. The van der Waals surface area contributed by atoms with Gasteiger partial charge in [0.15, 0.2) is 5.75 Å².